The van der Waals surface area contributed by atoms with Crippen molar-refractivity contribution in [3.05, 3.63) is 28.2 Å². The van der Waals surface area contributed by atoms with Crippen molar-refractivity contribution in [2.75, 3.05) is 6.54 Å². The van der Waals surface area contributed by atoms with Crippen molar-refractivity contribution in [2.24, 2.45) is 5.92 Å². The summed E-state index contributed by atoms with van der Waals surface area (Å²) in [5.74, 6) is -0.912. The number of aliphatic carboxylic acids is 1. The smallest absolute Gasteiger partial charge is 0.303 e. The first kappa shape index (κ1) is 17.5. The first-order valence-electron chi connectivity index (χ1n) is 6.92. The molecule has 0 fully saturated rings. The summed E-state index contributed by atoms with van der Waals surface area (Å²) >= 11 is 3.22. The van der Waals surface area contributed by atoms with Gasteiger partial charge >= 0.3 is 5.97 Å². The van der Waals surface area contributed by atoms with Crippen LogP contribution < -0.4 is 5.32 Å². The highest BCUT2D eigenvalue weighted by atomic mass is 79.9. The zero-order valence-electron chi connectivity index (χ0n) is 11.9. The molecule has 5 nitrogen and oxygen atoms in total. The van der Waals surface area contributed by atoms with Crippen molar-refractivity contribution < 1.29 is 19.8 Å². The van der Waals surface area contributed by atoms with Crippen LogP contribution in [0.2, 0.25) is 0 Å². The molecule has 1 aromatic rings. The summed E-state index contributed by atoms with van der Waals surface area (Å²) in [5, 5.41) is 21.1. The molecular weight excluding hydrogens is 338 g/mol. The summed E-state index contributed by atoms with van der Waals surface area (Å²) in [6.07, 6.45) is 2.38. The highest BCUT2D eigenvalue weighted by molar-refractivity contribution is 9.10. The van der Waals surface area contributed by atoms with Gasteiger partial charge in [0.05, 0.1) is 5.56 Å². The molecule has 1 unspecified atom stereocenters. The Hall–Kier alpha value is -1.56. The fraction of sp³-hybridized carbons (Fsp3) is 0.467. The van der Waals surface area contributed by atoms with Gasteiger partial charge in [0.2, 0.25) is 0 Å². The molecule has 0 aliphatic heterocycles. The van der Waals surface area contributed by atoms with Crippen molar-refractivity contribution in [2.45, 2.75) is 32.6 Å². The number of halogens is 1. The molecule has 0 spiro atoms. The summed E-state index contributed by atoms with van der Waals surface area (Å²) in [6.45, 7) is 2.47. The Bertz CT molecular complexity index is 504. The fourth-order valence-electron chi connectivity index (χ4n) is 2.06. The van der Waals surface area contributed by atoms with E-state index in [9.17, 15) is 14.7 Å². The van der Waals surface area contributed by atoms with E-state index < -0.39 is 5.97 Å². The van der Waals surface area contributed by atoms with Gasteiger partial charge in [-0.2, -0.15) is 0 Å². The Kier molecular flexibility index (Phi) is 7.22. The molecule has 6 heteroatoms. The summed E-state index contributed by atoms with van der Waals surface area (Å²) < 4.78 is 0.705. The van der Waals surface area contributed by atoms with Gasteiger partial charge in [-0.15, -0.1) is 0 Å². The zero-order valence-corrected chi connectivity index (χ0v) is 13.5. The van der Waals surface area contributed by atoms with E-state index in [1.165, 1.54) is 6.07 Å². The lowest BCUT2D eigenvalue weighted by Crippen LogP contribution is -2.26. The first-order chi connectivity index (χ1) is 9.93. The van der Waals surface area contributed by atoms with Crippen LogP contribution in [0, 0.1) is 5.92 Å². The molecule has 21 heavy (non-hydrogen) atoms. The standard InChI is InChI=1S/C15H20BrNO4/c1-2-10(3-6-14(19)20)7-8-17-15(21)12-5-4-11(16)9-13(12)18/h4-5,9-10,18H,2-3,6-8H2,1H3,(H,17,21)(H,19,20). The number of rotatable bonds is 8. The molecule has 0 heterocycles. The van der Waals surface area contributed by atoms with E-state index in [-0.39, 0.29) is 29.6 Å². The van der Waals surface area contributed by atoms with Crippen molar-refractivity contribution in [1.82, 2.24) is 5.32 Å². The highest BCUT2D eigenvalue weighted by Crippen LogP contribution is 2.22. The number of carboxylic acid groups (broad SMARTS) is 1. The molecule has 0 bridgehead atoms. The second-order valence-corrected chi connectivity index (χ2v) is 5.83. The molecular formula is C15H20BrNO4. The van der Waals surface area contributed by atoms with Gasteiger partial charge in [0.25, 0.3) is 5.91 Å². The van der Waals surface area contributed by atoms with Crippen LogP contribution in [0.15, 0.2) is 22.7 Å². The minimum absolute atomic E-state index is 0.0696. The third-order valence-corrected chi connectivity index (χ3v) is 3.88. The average Bonchev–Trinajstić information content (AvgIpc) is 2.42. The summed E-state index contributed by atoms with van der Waals surface area (Å²) in [7, 11) is 0. The number of carbonyl (C=O) groups excluding carboxylic acids is 1. The molecule has 0 aliphatic rings. The first-order valence-corrected chi connectivity index (χ1v) is 7.71. The number of aromatic hydroxyl groups is 1. The molecule has 1 atom stereocenters. The Morgan fingerprint density at radius 3 is 2.62 bits per heavy atom. The van der Waals surface area contributed by atoms with E-state index in [0.29, 0.717) is 17.4 Å². The predicted octanol–water partition coefficient (Wildman–Crippen LogP) is 3.17. The molecule has 1 rings (SSSR count). The maximum Gasteiger partial charge on any atom is 0.303 e. The SMILES string of the molecule is CCC(CCNC(=O)c1ccc(Br)cc1O)CCC(=O)O. The molecule has 1 amide bonds. The minimum atomic E-state index is -0.794. The fourth-order valence-corrected chi connectivity index (χ4v) is 2.41. The number of hydrogen-bond donors (Lipinski definition) is 3. The normalized spacial score (nSPS) is 11.9. The lowest BCUT2D eigenvalue weighted by atomic mass is 9.96. The molecule has 116 valence electrons. The highest BCUT2D eigenvalue weighted by Gasteiger charge is 2.13. The van der Waals surface area contributed by atoms with E-state index in [2.05, 4.69) is 21.2 Å². The number of carbonyl (C=O) groups is 2. The number of phenols is 1. The maximum absolute atomic E-state index is 11.9. The quantitative estimate of drug-likeness (QED) is 0.666. The van der Waals surface area contributed by atoms with E-state index in [1.54, 1.807) is 12.1 Å². The van der Waals surface area contributed by atoms with Gasteiger partial charge in [-0.25, -0.2) is 0 Å². The monoisotopic (exact) mass is 357 g/mol. The van der Waals surface area contributed by atoms with Crippen LogP contribution in [-0.2, 0) is 4.79 Å². The minimum Gasteiger partial charge on any atom is -0.507 e. The Morgan fingerprint density at radius 1 is 1.33 bits per heavy atom. The van der Waals surface area contributed by atoms with E-state index in [0.717, 1.165) is 12.8 Å². The van der Waals surface area contributed by atoms with Crippen molar-refractivity contribution in [1.29, 1.82) is 0 Å². The van der Waals surface area contributed by atoms with Gasteiger partial charge in [0.15, 0.2) is 0 Å². The van der Waals surface area contributed by atoms with Crippen molar-refractivity contribution in [3.63, 3.8) is 0 Å². The third kappa shape index (κ3) is 6.16. The van der Waals surface area contributed by atoms with Crippen LogP contribution in [0.25, 0.3) is 0 Å². The van der Waals surface area contributed by atoms with Gasteiger partial charge < -0.3 is 15.5 Å². The number of carboxylic acids is 1. The van der Waals surface area contributed by atoms with E-state index >= 15 is 0 Å². The molecule has 0 saturated carbocycles. The third-order valence-electron chi connectivity index (χ3n) is 3.39. The molecule has 1 aromatic carbocycles. The van der Waals surface area contributed by atoms with Crippen LogP contribution in [0.5, 0.6) is 5.75 Å². The van der Waals surface area contributed by atoms with Crippen molar-refractivity contribution in [3.8, 4) is 5.75 Å². The van der Waals surface area contributed by atoms with Crippen LogP contribution in [0.1, 0.15) is 43.0 Å². The van der Waals surface area contributed by atoms with E-state index in [4.69, 9.17) is 5.11 Å². The van der Waals surface area contributed by atoms with Gasteiger partial charge in [0, 0.05) is 17.4 Å². The lowest BCUT2D eigenvalue weighted by molar-refractivity contribution is -0.137. The van der Waals surface area contributed by atoms with Crippen molar-refractivity contribution >= 4 is 27.8 Å². The van der Waals surface area contributed by atoms with Crippen LogP contribution in [-0.4, -0.2) is 28.6 Å². The number of hydrogen-bond acceptors (Lipinski definition) is 3. The average molecular weight is 358 g/mol. The number of amides is 1. The second kappa shape index (κ2) is 8.67. The van der Waals surface area contributed by atoms with Crippen LogP contribution in [0.3, 0.4) is 0 Å². The Balaban J connectivity index is 2.43. The molecule has 0 aromatic heterocycles. The number of phenolic OH excluding ortho intramolecular Hbond substituents is 1. The number of benzene rings is 1. The summed E-state index contributed by atoms with van der Waals surface area (Å²) in [5.41, 5.74) is 0.233. The molecule has 0 radical (unpaired) electrons. The lowest BCUT2D eigenvalue weighted by Gasteiger charge is -2.14. The number of nitrogens with one attached hydrogen (secondary N) is 1. The largest absolute Gasteiger partial charge is 0.507 e. The zero-order chi connectivity index (χ0) is 15.8. The Morgan fingerprint density at radius 2 is 2.05 bits per heavy atom. The predicted molar refractivity (Wildman–Crippen MR) is 83.4 cm³/mol. The molecule has 0 saturated heterocycles. The Labute approximate surface area is 132 Å². The summed E-state index contributed by atoms with van der Waals surface area (Å²) in [6, 6.07) is 4.71. The van der Waals surface area contributed by atoms with Gasteiger partial charge in [-0.05, 0) is 37.0 Å². The van der Waals surface area contributed by atoms with E-state index in [1.807, 2.05) is 6.92 Å². The summed E-state index contributed by atoms with van der Waals surface area (Å²) in [4.78, 5) is 22.5. The van der Waals surface area contributed by atoms with Gasteiger partial charge in [-0.3, -0.25) is 9.59 Å². The van der Waals surface area contributed by atoms with Crippen LogP contribution >= 0.6 is 15.9 Å². The molecule has 3 N–H and O–H groups in total. The molecule has 0 aliphatic carbocycles. The van der Waals surface area contributed by atoms with Crippen LogP contribution in [0.4, 0.5) is 0 Å². The maximum atomic E-state index is 11.9. The van der Waals surface area contributed by atoms with Gasteiger partial charge in [0.1, 0.15) is 5.75 Å². The second-order valence-electron chi connectivity index (χ2n) is 4.91. The topological polar surface area (TPSA) is 86.6 Å². The van der Waals surface area contributed by atoms with Gasteiger partial charge in [-0.1, -0.05) is 29.3 Å².